The second kappa shape index (κ2) is 6.86. The fraction of sp³-hybridized carbons (Fsp3) is 0.917. The first-order chi connectivity index (χ1) is 7.26. The van der Waals surface area contributed by atoms with Gasteiger partial charge in [0.2, 0.25) is 0 Å². The van der Waals surface area contributed by atoms with Gasteiger partial charge in [0, 0.05) is 12.6 Å². The van der Waals surface area contributed by atoms with E-state index < -0.39 is 5.60 Å². The number of carbonyl (C=O) groups is 1. The van der Waals surface area contributed by atoms with E-state index in [4.69, 9.17) is 9.84 Å². The highest BCUT2D eigenvalue weighted by atomic mass is 16.6. The molecule has 0 rings (SSSR count). The van der Waals surface area contributed by atoms with Gasteiger partial charge in [-0.2, -0.15) is 0 Å². The summed E-state index contributed by atoms with van der Waals surface area (Å²) >= 11 is 0. The summed E-state index contributed by atoms with van der Waals surface area (Å²) in [6.45, 7) is 9.98. The second-order valence-electron chi connectivity index (χ2n) is 5.33. The molecule has 0 aromatic carbocycles. The van der Waals surface area contributed by atoms with Crippen LogP contribution in [0.3, 0.4) is 0 Å². The third kappa shape index (κ3) is 7.65. The zero-order valence-electron chi connectivity index (χ0n) is 11.0. The normalized spacial score (nSPS) is 13.9. The Balaban J connectivity index is 3.97. The number of rotatable bonds is 6. The van der Waals surface area contributed by atoms with Gasteiger partial charge in [0.25, 0.3) is 0 Å². The lowest BCUT2D eigenvalue weighted by Gasteiger charge is -2.23. The Bertz CT molecular complexity index is 209. The van der Waals surface area contributed by atoms with Gasteiger partial charge in [0.1, 0.15) is 5.60 Å². The summed E-state index contributed by atoms with van der Waals surface area (Å²) < 4.78 is 5.18. The average molecular weight is 231 g/mol. The molecule has 0 aliphatic heterocycles. The Morgan fingerprint density at radius 1 is 1.38 bits per heavy atom. The molecule has 96 valence electrons. The number of hydrogen-bond donors (Lipinski definition) is 2. The molecule has 4 heteroatoms. The Morgan fingerprint density at radius 3 is 2.31 bits per heavy atom. The fourth-order valence-corrected chi connectivity index (χ4v) is 1.40. The largest absolute Gasteiger partial charge is 0.459 e. The van der Waals surface area contributed by atoms with E-state index >= 15 is 0 Å². The molecule has 0 aromatic rings. The van der Waals surface area contributed by atoms with Crippen LogP contribution in [0, 0.1) is 5.92 Å². The molecule has 4 nitrogen and oxygen atoms in total. The van der Waals surface area contributed by atoms with E-state index in [0.717, 1.165) is 0 Å². The number of ether oxygens (including phenoxy) is 1. The third-order valence-corrected chi connectivity index (χ3v) is 2.17. The van der Waals surface area contributed by atoms with E-state index in [1.54, 1.807) is 0 Å². The molecule has 0 bridgehead atoms. The van der Waals surface area contributed by atoms with Crippen LogP contribution in [0.2, 0.25) is 0 Å². The van der Waals surface area contributed by atoms with Gasteiger partial charge < -0.3 is 15.2 Å². The Labute approximate surface area is 98.4 Å². The molecule has 0 aliphatic carbocycles. The van der Waals surface area contributed by atoms with Crippen LogP contribution in [-0.2, 0) is 9.53 Å². The average Bonchev–Trinajstić information content (AvgIpc) is 2.08. The van der Waals surface area contributed by atoms with Gasteiger partial charge in [-0.1, -0.05) is 13.8 Å². The van der Waals surface area contributed by atoms with Gasteiger partial charge in [-0.3, -0.25) is 4.79 Å². The van der Waals surface area contributed by atoms with E-state index in [1.807, 2.05) is 20.8 Å². The Kier molecular flexibility index (Phi) is 6.60. The number of aliphatic hydroxyl groups is 1. The molecule has 0 fully saturated rings. The minimum atomic E-state index is -0.441. The zero-order valence-corrected chi connectivity index (χ0v) is 11.0. The summed E-state index contributed by atoms with van der Waals surface area (Å²) in [5, 5.41) is 12.0. The summed E-state index contributed by atoms with van der Waals surface area (Å²) in [5.74, 6) is 0.130. The van der Waals surface area contributed by atoms with Crippen LogP contribution in [0.25, 0.3) is 0 Å². The van der Waals surface area contributed by atoms with E-state index in [1.165, 1.54) is 0 Å². The SMILES string of the molecule is CC(C)C(CCO)NCC(=O)OC(C)(C)C. The van der Waals surface area contributed by atoms with Crippen molar-refractivity contribution in [1.82, 2.24) is 5.32 Å². The molecule has 0 saturated carbocycles. The Hall–Kier alpha value is -0.610. The first-order valence-corrected chi connectivity index (χ1v) is 5.82. The summed E-state index contributed by atoms with van der Waals surface area (Å²) in [6.07, 6.45) is 0.653. The van der Waals surface area contributed by atoms with E-state index in [2.05, 4.69) is 19.2 Å². The van der Waals surface area contributed by atoms with Crippen molar-refractivity contribution in [3.05, 3.63) is 0 Å². The molecule has 0 aromatic heterocycles. The van der Waals surface area contributed by atoms with Crippen LogP contribution in [-0.4, -0.2) is 35.9 Å². The highest BCUT2D eigenvalue weighted by Gasteiger charge is 2.18. The first-order valence-electron chi connectivity index (χ1n) is 5.82. The second-order valence-corrected chi connectivity index (χ2v) is 5.33. The topological polar surface area (TPSA) is 58.6 Å². The van der Waals surface area contributed by atoms with Crippen LogP contribution < -0.4 is 5.32 Å². The summed E-state index contributed by atoms with van der Waals surface area (Å²) in [5.41, 5.74) is -0.441. The van der Waals surface area contributed by atoms with Crippen LogP contribution in [0.1, 0.15) is 41.0 Å². The van der Waals surface area contributed by atoms with Crippen molar-refractivity contribution >= 4 is 5.97 Å². The van der Waals surface area contributed by atoms with Crippen molar-refractivity contribution in [3.63, 3.8) is 0 Å². The molecular formula is C12H25NO3. The van der Waals surface area contributed by atoms with Gasteiger partial charge >= 0.3 is 5.97 Å². The van der Waals surface area contributed by atoms with Gasteiger partial charge in [0.05, 0.1) is 6.54 Å². The smallest absolute Gasteiger partial charge is 0.320 e. The summed E-state index contributed by atoms with van der Waals surface area (Å²) in [6, 6.07) is 0.150. The quantitative estimate of drug-likeness (QED) is 0.677. The van der Waals surface area contributed by atoms with Gasteiger partial charge in [-0.05, 0) is 33.1 Å². The summed E-state index contributed by atoms with van der Waals surface area (Å²) in [7, 11) is 0. The predicted octanol–water partition coefficient (Wildman–Crippen LogP) is 1.32. The predicted molar refractivity (Wildman–Crippen MR) is 64.2 cm³/mol. The maximum Gasteiger partial charge on any atom is 0.320 e. The number of hydrogen-bond acceptors (Lipinski definition) is 4. The molecule has 0 heterocycles. The van der Waals surface area contributed by atoms with Crippen LogP contribution in [0.4, 0.5) is 0 Å². The molecule has 0 spiro atoms. The lowest BCUT2D eigenvalue weighted by atomic mass is 10.0. The van der Waals surface area contributed by atoms with Crippen LogP contribution >= 0.6 is 0 Å². The van der Waals surface area contributed by atoms with Crippen LogP contribution in [0.15, 0.2) is 0 Å². The highest BCUT2D eigenvalue weighted by molar-refractivity contribution is 5.72. The molecular weight excluding hydrogens is 206 g/mol. The summed E-state index contributed by atoms with van der Waals surface area (Å²) in [4.78, 5) is 11.4. The monoisotopic (exact) mass is 231 g/mol. The van der Waals surface area contributed by atoms with Crippen molar-refractivity contribution in [2.24, 2.45) is 5.92 Å². The standard InChI is InChI=1S/C12H25NO3/c1-9(2)10(6-7-14)13-8-11(15)16-12(3,4)5/h9-10,13-14H,6-8H2,1-5H3. The number of aliphatic hydroxyl groups excluding tert-OH is 1. The van der Waals surface area contributed by atoms with Crippen LogP contribution in [0.5, 0.6) is 0 Å². The molecule has 0 radical (unpaired) electrons. The van der Waals surface area contributed by atoms with Gasteiger partial charge in [0.15, 0.2) is 0 Å². The number of nitrogens with one attached hydrogen (secondary N) is 1. The van der Waals surface area contributed by atoms with Crippen molar-refractivity contribution in [2.75, 3.05) is 13.2 Å². The zero-order chi connectivity index (χ0) is 12.8. The maximum atomic E-state index is 11.4. The minimum absolute atomic E-state index is 0.129. The molecule has 16 heavy (non-hydrogen) atoms. The van der Waals surface area contributed by atoms with Crippen molar-refractivity contribution in [2.45, 2.75) is 52.7 Å². The Morgan fingerprint density at radius 2 is 1.94 bits per heavy atom. The van der Waals surface area contributed by atoms with E-state index in [0.29, 0.717) is 12.3 Å². The third-order valence-electron chi connectivity index (χ3n) is 2.17. The van der Waals surface area contributed by atoms with E-state index in [-0.39, 0.29) is 25.2 Å². The molecule has 2 N–H and O–H groups in total. The lowest BCUT2D eigenvalue weighted by molar-refractivity contribution is -0.153. The highest BCUT2D eigenvalue weighted by Crippen LogP contribution is 2.08. The molecule has 1 unspecified atom stereocenters. The lowest BCUT2D eigenvalue weighted by Crippen LogP contribution is -2.40. The first kappa shape index (κ1) is 15.4. The molecule has 0 saturated heterocycles. The van der Waals surface area contributed by atoms with Gasteiger partial charge in [-0.25, -0.2) is 0 Å². The van der Waals surface area contributed by atoms with Gasteiger partial charge in [-0.15, -0.1) is 0 Å². The number of carbonyl (C=O) groups excluding carboxylic acids is 1. The molecule has 0 amide bonds. The molecule has 1 atom stereocenters. The van der Waals surface area contributed by atoms with Crippen molar-refractivity contribution in [3.8, 4) is 0 Å². The fourth-order valence-electron chi connectivity index (χ4n) is 1.40. The van der Waals surface area contributed by atoms with Crippen molar-refractivity contribution < 1.29 is 14.6 Å². The number of esters is 1. The maximum absolute atomic E-state index is 11.4. The molecule has 0 aliphatic rings. The minimum Gasteiger partial charge on any atom is -0.459 e. The van der Waals surface area contributed by atoms with Crippen molar-refractivity contribution in [1.29, 1.82) is 0 Å². The van der Waals surface area contributed by atoms with E-state index in [9.17, 15) is 4.79 Å².